The van der Waals surface area contributed by atoms with Crippen molar-refractivity contribution in [3.05, 3.63) is 35.9 Å². The van der Waals surface area contributed by atoms with Crippen LogP contribution in [0.3, 0.4) is 0 Å². The number of nitrogens with zero attached hydrogens (tertiary/aromatic N) is 1. The predicted octanol–water partition coefficient (Wildman–Crippen LogP) is 2.46. The highest BCUT2D eigenvalue weighted by atomic mass is 16.4. The second-order valence-corrected chi connectivity index (χ2v) is 6.00. The number of amides is 1. The quantitative estimate of drug-likeness (QED) is 0.916. The van der Waals surface area contributed by atoms with E-state index in [1.54, 1.807) is 0 Å². The average molecular weight is 273 g/mol. The van der Waals surface area contributed by atoms with E-state index in [4.69, 9.17) is 0 Å². The van der Waals surface area contributed by atoms with E-state index in [0.717, 1.165) is 5.56 Å². The van der Waals surface area contributed by atoms with Gasteiger partial charge in [-0.15, -0.1) is 0 Å². The van der Waals surface area contributed by atoms with E-state index >= 15 is 0 Å². The fourth-order valence-electron chi connectivity index (χ4n) is 3.32. The molecule has 1 N–H and O–H groups in total. The van der Waals surface area contributed by atoms with Crippen LogP contribution in [0.2, 0.25) is 0 Å². The standard InChI is InChI=1S/C16H19NO3/c1-11(12-5-3-2-4-6-12)17-10-13(9-14(17)18)16(7-8-16)15(19)20/h2-6,11,13H,7-10H2,1H3,(H,19,20). The number of benzene rings is 1. The smallest absolute Gasteiger partial charge is 0.309 e. The van der Waals surface area contributed by atoms with Crippen LogP contribution in [-0.4, -0.2) is 28.4 Å². The minimum absolute atomic E-state index is 0.0123. The van der Waals surface area contributed by atoms with Crippen LogP contribution in [0, 0.1) is 11.3 Å². The van der Waals surface area contributed by atoms with Crippen molar-refractivity contribution in [3.63, 3.8) is 0 Å². The van der Waals surface area contributed by atoms with Crippen molar-refractivity contribution in [1.29, 1.82) is 0 Å². The van der Waals surface area contributed by atoms with E-state index in [1.807, 2.05) is 42.2 Å². The van der Waals surface area contributed by atoms with Gasteiger partial charge in [0.15, 0.2) is 0 Å². The summed E-state index contributed by atoms with van der Waals surface area (Å²) in [7, 11) is 0. The molecule has 1 aromatic rings. The summed E-state index contributed by atoms with van der Waals surface area (Å²) in [5.41, 5.74) is 0.475. The summed E-state index contributed by atoms with van der Waals surface area (Å²) in [5, 5.41) is 9.36. The molecule has 2 fully saturated rings. The Morgan fingerprint density at radius 3 is 2.55 bits per heavy atom. The zero-order valence-corrected chi connectivity index (χ0v) is 11.6. The van der Waals surface area contributed by atoms with Crippen molar-refractivity contribution in [1.82, 2.24) is 4.90 Å². The lowest BCUT2D eigenvalue weighted by molar-refractivity contribution is -0.145. The van der Waals surface area contributed by atoms with E-state index in [2.05, 4.69) is 0 Å². The van der Waals surface area contributed by atoms with Gasteiger partial charge < -0.3 is 10.0 Å². The van der Waals surface area contributed by atoms with Gasteiger partial charge in [0.25, 0.3) is 0 Å². The molecule has 106 valence electrons. The molecule has 4 nitrogen and oxygen atoms in total. The Morgan fingerprint density at radius 2 is 2.00 bits per heavy atom. The molecule has 2 aliphatic rings. The molecule has 1 amide bonds. The molecule has 0 bridgehead atoms. The summed E-state index contributed by atoms with van der Waals surface area (Å²) >= 11 is 0. The third kappa shape index (κ3) is 1.99. The first-order chi connectivity index (χ1) is 9.54. The normalized spacial score (nSPS) is 25.6. The Morgan fingerprint density at radius 1 is 1.35 bits per heavy atom. The zero-order valence-electron chi connectivity index (χ0n) is 11.6. The summed E-state index contributed by atoms with van der Waals surface area (Å²) in [5.74, 6) is -0.679. The number of hydrogen-bond acceptors (Lipinski definition) is 2. The predicted molar refractivity (Wildman–Crippen MR) is 74.0 cm³/mol. The molecule has 3 rings (SSSR count). The van der Waals surface area contributed by atoms with Crippen molar-refractivity contribution in [3.8, 4) is 0 Å². The third-order valence-corrected chi connectivity index (χ3v) is 4.90. The van der Waals surface area contributed by atoms with Crippen molar-refractivity contribution in [2.45, 2.75) is 32.2 Å². The molecule has 1 aliphatic carbocycles. The van der Waals surface area contributed by atoms with Crippen molar-refractivity contribution < 1.29 is 14.7 Å². The van der Waals surface area contributed by atoms with Gasteiger partial charge in [0.05, 0.1) is 11.5 Å². The first-order valence-electron chi connectivity index (χ1n) is 7.12. The summed E-state index contributed by atoms with van der Waals surface area (Å²) in [4.78, 5) is 25.5. The molecule has 1 saturated carbocycles. The molecule has 1 saturated heterocycles. The lowest BCUT2D eigenvalue weighted by Crippen LogP contribution is -2.31. The Labute approximate surface area is 118 Å². The molecular weight excluding hydrogens is 254 g/mol. The maximum absolute atomic E-state index is 12.2. The molecule has 0 spiro atoms. The Bertz CT molecular complexity index is 536. The van der Waals surface area contributed by atoms with Crippen LogP contribution in [0.4, 0.5) is 0 Å². The van der Waals surface area contributed by atoms with Gasteiger partial charge in [-0.25, -0.2) is 0 Å². The number of carbonyl (C=O) groups excluding carboxylic acids is 1. The first kappa shape index (κ1) is 13.2. The fraction of sp³-hybridized carbons (Fsp3) is 0.500. The van der Waals surface area contributed by atoms with E-state index in [9.17, 15) is 14.7 Å². The van der Waals surface area contributed by atoms with Crippen LogP contribution in [0.15, 0.2) is 30.3 Å². The second-order valence-electron chi connectivity index (χ2n) is 6.00. The molecule has 2 unspecified atom stereocenters. The number of carboxylic acid groups (broad SMARTS) is 1. The van der Waals surface area contributed by atoms with Crippen molar-refractivity contribution >= 4 is 11.9 Å². The van der Waals surface area contributed by atoms with E-state index < -0.39 is 11.4 Å². The Kier molecular flexibility index (Phi) is 3.04. The van der Waals surface area contributed by atoms with Gasteiger partial charge in [0.2, 0.25) is 5.91 Å². The van der Waals surface area contributed by atoms with Gasteiger partial charge in [0.1, 0.15) is 0 Å². The molecule has 1 heterocycles. The lowest BCUT2D eigenvalue weighted by Gasteiger charge is -2.26. The van der Waals surface area contributed by atoms with E-state index in [0.29, 0.717) is 25.8 Å². The van der Waals surface area contributed by atoms with Crippen LogP contribution in [-0.2, 0) is 9.59 Å². The fourth-order valence-corrected chi connectivity index (χ4v) is 3.32. The number of aliphatic carboxylic acids is 1. The molecular formula is C16H19NO3. The van der Waals surface area contributed by atoms with Crippen LogP contribution in [0.5, 0.6) is 0 Å². The molecule has 1 aliphatic heterocycles. The van der Waals surface area contributed by atoms with Crippen LogP contribution < -0.4 is 0 Å². The van der Waals surface area contributed by atoms with E-state index in [-0.39, 0.29) is 17.9 Å². The van der Waals surface area contributed by atoms with Crippen LogP contribution in [0.1, 0.15) is 37.8 Å². The number of carbonyl (C=O) groups is 2. The molecule has 4 heteroatoms. The highest BCUT2D eigenvalue weighted by molar-refractivity contribution is 5.84. The number of hydrogen-bond donors (Lipinski definition) is 1. The highest BCUT2D eigenvalue weighted by Gasteiger charge is 2.59. The Hall–Kier alpha value is -1.84. The molecule has 0 radical (unpaired) electrons. The summed E-state index contributed by atoms with van der Waals surface area (Å²) in [6, 6.07) is 9.91. The Balaban J connectivity index is 1.76. The van der Waals surface area contributed by atoms with Crippen molar-refractivity contribution in [2.75, 3.05) is 6.54 Å². The zero-order chi connectivity index (χ0) is 14.3. The maximum Gasteiger partial charge on any atom is 0.309 e. The van der Waals surface area contributed by atoms with Gasteiger partial charge in [0, 0.05) is 18.9 Å². The second kappa shape index (κ2) is 4.62. The summed E-state index contributed by atoms with van der Waals surface area (Å²) in [6.45, 7) is 2.58. The average Bonchev–Trinajstić information content (AvgIpc) is 3.18. The van der Waals surface area contributed by atoms with Gasteiger partial charge in [-0.3, -0.25) is 9.59 Å². The third-order valence-electron chi connectivity index (χ3n) is 4.90. The minimum Gasteiger partial charge on any atom is -0.481 e. The summed E-state index contributed by atoms with van der Waals surface area (Å²) < 4.78 is 0. The molecule has 2 atom stereocenters. The molecule has 1 aromatic carbocycles. The van der Waals surface area contributed by atoms with Gasteiger partial charge in [-0.2, -0.15) is 0 Å². The first-order valence-corrected chi connectivity index (χ1v) is 7.12. The molecule has 20 heavy (non-hydrogen) atoms. The SMILES string of the molecule is CC(c1ccccc1)N1CC(C2(C(=O)O)CC2)CC1=O. The minimum atomic E-state index is -0.732. The number of carboxylic acids is 1. The topological polar surface area (TPSA) is 57.6 Å². The van der Waals surface area contributed by atoms with Crippen molar-refractivity contribution in [2.24, 2.45) is 11.3 Å². The van der Waals surface area contributed by atoms with Gasteiger partial charge in [-0.1, -0.05) is 30.3 Å². The number of likely N-dealkylation sites (tertiary alicyclic amines) is 1. The van der Waals surface area contributed by atoms with Gasteiger partial charge in [-0.05, 0) is 25.3 Å². The summed E-state index contributed by atoms with van der Waals surface area (Å²) in [6.07, 6.45) is 1.81. The van der Waals surface area contributed by atoms with Crippen LogP contribution in [0.25, 0.3) is 0 Å². The van der Waals surface area contributed by atoms with Gasteiger partial charge >= 0.3 is 5.97 Å². The molecule has 0 aromatic heterocycles. The monoisotopic (exact) mass is 273 g/mol. The van der Waals surface area contributed by atoms with Crippen LogP contribution >= 0.6 is 0 Å². The lowest BCUT2D eigenvalue weighted by atomic mass is 9.88. The maximum atomic E-state index is 12.2. The largest absolute Gasteiger partial charge is 0.481 e. The van der Waals surface area contributed by atoms with E-state index in [1.165, 1.54) is 0 Å². The highest BCUT2D eigenvalue weighted by Crippen LogP contribution is 2.55. The number of rotatable bonds is 4.